The fourth-order valence-electron chi connectivity index (χ4n) is 13.1. The molecule has 0 heterocycles. The predicted octanol–water partition coefficient (Wildman–Crippen LogP) is 26.3. The van der Waals surface area contributed by atoms with Crippen LogP contribution >= 0.6 is 145 Å². The van der Waals surface area contributed by atoms with Gasteiger partial charge in [-0.1, -0.05) is 167 Å². The highest BCUT2D eigenvalue weighted by Gasteiger charge is 2.27. The Morgan fingerprint density at radius 2 is 0.393 bits per heavy atom. The second-order valence-electron chi connectivity index (χ2n) is 27.0. The molecule has 0 saturated heterocycles. The van der Waals surface area contributed by atoms with Gasteiger partial charge in [0.25, 0.3) is 0 Å². The van der Waals surface area contributed by atoms with Crippen LogP contribution in [-0.2, 0) is 25.7 Å². The fourth-order valence-corrected chi connectivity index (χ4v) is 22.5. The minimum atomic E-state index is 0.470. The molecule has 8 N–H and O–H groups in total. The number of benzene rings is 12. The van der Waals surface area contributed by atoms with Crippen LogP contribution in [0.3, 0.4) is 0 Å². The molecule has 0 amide bonds. The first-order valence-electron chi connectivity index (χ1n) is 37.7. The molecule has 1 aliphatic rings. The lowest BCUT2D eigenvalue weighted by atomic mass is 9.91. The van der Waals surface area contributed by atoms with Gasteiger partial charge in [-0.05, 0) is 244 Å². The highest BCUT2D eigenvalue weighted by Crippen LogP contribution is 2.50. The highest BCUT2D eigenvalue weighted by molar-refractivity contribution is 8.03. The number of ether oxygens (including phenoxy) is 4. The number of fused-ring (bicyclic) bond motifs is 8. The van der Waals surface area contributed by atoms with Crippen LogP contribution in [0.5, 0.6) is 23.0 Å². The minimum absolute atomic E-state index is 0.470. The molecule has 8 bridgehead atoms. The molecule has 0 saturated carbocycles. The van der Waals surface area contributed by atoms with E-state index in [0.717, 1.165) is 243 Å². The van der Waals surface area contributed by atoms with Crippen LogP contribution in [0.2, 0.25) is 0 Å². The molecule has 0 fully saturated rings. The molecule has 0 atom stereocenters. The molecule has 12 aromatic carbocycles. The number of thiol groups is 4. The van der Waals surface area contributed by atoms with Crippen LogP contribution in [0, 0.1) is 0 Å². The van der Waals surface area contributed by atoms with Gasteiger partial charge < -0.3 is 41.9 Å². The first-order chi connectivity index (χ1) is 54.9. The van der Waals surface area contributed by atoms with Crippen molar-refractivity contribution in [1.29, 1.82) is 0 Å². The van der Waals surface area contributed by atoms with E-state index in [0.29, 0.717) is 52.1 Å². The van der Waals surface area contributed by atoms with Gasteiger partial charge in [-0.15, -0.1) is 0 Å². The Balaban J connectivity index is 1.08. The smallest absolute Gasteiger partial charge is 0.126 e. The number of hydrogen-bond acceptors (Lipinski definition) is 20. The van der Waals surface area contributed by atoms with Crippen LogP contribution in [0.4, 0.5) is 22.7 Å². The van der Waals surface area contributed by atoms with E-state index in [-0.39, 0.29) is 0 Å². The second-order valence-corrected chi connectivity index (χ2v) is 37.7. The van der Waals surface area contributed by atoms with Crippen LogP contribution in [0.1, 0.15) is 95.9 Å². The average Bonchev–Trinajstić information content (AvgIpc) is 0.768. The van der Waals surface area contributed by atoms with E-state index >= 15 is 0 Å². The quantitative estimate of drug-likeness (QED) is 0.0107. The van der Waals surface area contributed by atoms with Crippen LogP contribution in [-0.4, -0.2) is 49.4 Å². The molecular formula is C92H92N4O4S12. The maximum absolute atomic E-state index is 7.49. The molecular weight excluding hydrogens is 1610 g/mol. The van der Waals surface area contributed by atoms with Crippen LogP contribution < -0.4 is 41.9 Å². The van der Waals surface area contributed by atoms with Crippen LogP contribution in [0.25, 0.3) is 0 Å². The first-order valence-corrected chi connectivity index (χ1v) is 46.8. The standard InChI is InChI=1S/C92H92N4O4S12/c93-69-21-17-25-73(57-69)105-81-29-1-5-33-85(81)109-77-49-61-45-63-51-78(110-86-34-6-2-30-82(86)106-74-26-18-22-70(94)58-74)53-65(90(63)98-38-10-14-42-102)47-67-55-80(112-88-36-8-4-32-84(88)108-76-28-20-24-72(96)60-76)56-68(92(67)100-40-12-16-44-104)48-66-54-79(111-87-35-7-3-31-83(87)107-75-27-19-23-71(95)59-75)52-64(91(66)99-39-11-15-43-103)46-62(50-77)89(61)97-37-9-13-41-101/h1-8,17-36,49-60,101-104H,9-16,37-48,93-96H2. The molecule has 12 aromatic rings. The zero-order valence-electron chi connectivity index (χ0n) is 62.2. The summed E-state index contributed by atoms with van der Waals surface area (Å²) in [5.41, 5.74) is 37.0. The topological polar surface area (TPSA) is 141 Å². The van der Waals surface area contributed by atoms with E-state index in [2.05, 4.69) is 170 Å². The summed E-state index contributed by atoms with van der Waals surface area (Å²) in [6.45, 7) is 1.98. The Morgan fingerprint density at radius 3 is 0.562 bits per heavy atom. The van der Waals surface area contributed by atoms with E-state index in [1.807, 2.05) is 72.8 Å². The molecule has 576 valence electrons. The Morgan fingerprint density at radius 1 is 0.214 bits per heavy atom. The maximum Gasteiger partial charge on any atom is 0.126 e. The summed E-state index contributed by atoms with van der Waals surface area (Å²) in [5, 5.41) is 0. The van der Waals surface area contributed by atoms with Gasteiger partial charge in [0.05, 0.1) is 26.4 Å². The van der Waals surface area contributed by atoms with E-state index in [1.165, 1.54) is 0 Å². The lowest BCUT2D eigenvalue weighted by Gasteiger charge is -2.25. The largest absolute Gasteiger partial charge is 0.493 e. The normalized spacial score (nSPS) is 11.9. The van der Waals surface area contributed by atoms with Crippen molar-refractivity contribution in [2.75, 3.05) is 72.4 Å². The molecule has 20 heteroatoms. The summed E-state index contributed by atoms with van der Waals surface area (Å²) in [6.07, 6.45) is 8.75. The van der Waals surface area contributed by atoms with Crippen molar-refractivity contribution in [2.24, 2.45) is 0 Å². The molecule has 1 aliphatic carbocycles. The highest BCUT2D eigenvalue weighted by atomic mass is 32.2. The number of anilines is 4. The van der Waals surface area contributed by atoms with Gasteiger partial charge in [-0.3, -0.25) is 0 Å². The summed E-state index contributed by atoms with van der Waals surface area (Å²) < 4.78 is 30.0. The van der Waals surface area contributed by atoms with Crippen molar-refractivity contribution >= 4 is 167 Å². The average molecular weight is 1700 g/mol. The van der Waals surface area contributed by atoms with Crippen molar-refractivity contribution in [3.8, 4) is 23.0 Å². The molecule has 0 aliphatic heterocycles. The zero-order chi connectivity index (χ0) is 77.4. The molecule has 13 rings (SSSR count). The molecule has 0 spiro atoms. The van der Waals surface area contributed by atoms with Gasteiger partial charge in [0.2, 0.25) is 0 Å². The van der Waals surface area contributed by atoms with Gasteiger partial charge in [0, 0.05) is 171 Å². The molecule has 0 aromatic heterocycles. The molecule has 0 radical (unpaired) electrons. The third-order valence-corrected chi connectivity index (χ3v) is 28.5. The van der Waals surface area contributed by atoms with E-state index in [4.69, 9.17) is 92.4 Å². The van der Waals surface area contributed by atoms with Crippen molar-refractivity contribution in [3.63, 3.8) is 0 Å². The van der Waals surface area contributed by atoms with Crippen molar-refractivity contribution < 1.29 is 18.9 Å². The van der Waals surface area contributed by atoms with E-state index < -0.39 is 0 Å². The van der Waals surface area contributed by atoms with Gasteiger partial charge in [0.15, 0.2) is 0 Å². The number of nitrogens with two attached hydrogens (primary N) is 4. The van der Waals surface area contributed by atoms with Gasteiger partial charge in [-0.25, -0.2) is 0 Å². The third kappa shape index (κ3) is 23.7. The van der Waals surface area contributed by atoms with Crippen molar-refractivity contribution in [3.05, 3.63) is 287 Å². The zero-order valence-corrected chi connectivity index (χ0v) is 72.3. The fraction of sp³-hybridized carbons (Fsp3) is 0.217. The Bertz CT molecular complexity index is 4440. The summed E-state index contributed by atoms with van der Waals surface area (Å²) >= 11 is 32.9. The lowest BCUT2D eigenvalue weighted by molar-refractivity contribution is 0.297. The summed E-state index contributed by atoms with van der Waals surface area (Å²) in [4.78, 5) is 17.5. The summed E-state index contributed by atoms with van der Waals surface area (Å²) in [7, 11) is 0. The number of nitrogen functional groups attached to an aromatic ring is 4. The number of rotatable bonds is 36. The van der Waals surface area contributed by atoms with E-state index in [1.54, 1.807) is 94.1 Å². The molecule has 0 unspecified atom stereocenters. The van der Waals surface area contributed by atoms with Crippen molar-refractivity contribution in [1.82, 2.24) is 0 Å². The first kappa shape index (κ1) is 83.2. The van der Waals surface area contributed by atoms with Gasteiger partial charge in [0.1, 0.15) is 23.0 Å². The Labute approximate surface area is 717 Å². The number of hydrogen-bond donors (Lipinski definition) is 8. The van der Waals surface area contributed by atoms with Crippen molar-refractivity contribution in [2.45, 2.75) is 155 Å². The Hall–Kier alpha value is -6.76. The Kier molecular flexibility index (Phi) is 31.7. The molecule has 112 heavy (non-hydrogen) atoms. The maximum atomic E-state index is 7.49. The second kappa shape index (κ2) is 42.7. The monoisotopic (exact) mass is 1700 g/mol. The number of unbranched alkanes of at least 4 members (excludes halogenated alkanes) is 4. The van der Waals surface area contributed by atoms with Gasteiger partial charge in [-0.2, -0.15) is 50.5 Å². The SMILES string of the molecule is Nc1cccc(Sc2ccccc2Sc2cc3c(OCCCCS)c(c2)Cc2cc(Sc4ccccc4Sc4cccc(N)c4)cc(c2OCCCCS)Cc2cc(Sc4ccccc4Sc4cccc(N)c4)cc(c2OCCCCS)Cc2cc(Sc4ccccc4Sc4cccc(N)c4)cc(c2OCCCCS)C3)c1. The van der Waals surface area contributed by atoms with Crippen LogP contribution in [0.15, 0.2) is 321 Å². The summed E-state index contributed by atoms with van der Waals surface area (Å²) in [5.74, 6) is 6.40. The molecule has 8 nitrogen and oxygen atoms in total. The van der Waals surface area contributed by atoms with Gasteiger partial charge >= 0.3 is 0 Å². The predicted molar refractivity (Wildman–Crippen MR) is 493 cm³/mol. The lowest BCUT2D eigenvalue weighted by Crippen LogP contribution is -2.11. The summed E-state index contributed by atoms with van der Waals surface area (Å²) in [6, 6.07) is 86.3. The van der Waals surface area contributed by atoms with E-state index in [9.17, 15) is 0 Å². The minimum Gasteiger partial charge on any atom is -0.493 e. The third-order valence-electron chi connectivity index (χ3n) is 18.2.